The van der Waals surface area contributed by atoms with E-state index in [4.69, 9.17) is 5.73 Å². The summed E-state index contributed by atoms with van der Waals surface area (Å²) >= 11 is 0. The second kappa shape index (κ2) is 8.42. The van der Waals surface area contributed by atoms with Crippen molar-refractivity contribution in [3.63, 3.8) is 0 Å². The Kier molecular flexibility index (Phi) is 5.98. The van der Waals surface area contributed by atoms with E-state index in [1.54, 1.807) is 0 Å². The smallest absolute Gasteiger partial charge is 0.113 e. The molecule has 0 aromatic carbocycles. The summed E-state index contributed by atoms with van der Waals surface area (Å²) < 4.78 is 0. The normalized spacial score (nSPS) is 17.8. The molecule has 0 radical (unpaired) electrons. The summed E-state index contributed by atoms with van der Waals surface area (Å²) in [6.45, 7) is 10.0. The van der Waals surface area contributed by atoms with Crippen LogP contribution in [-0.4, -0.2) is 37.1 Å². The van der Waals surface area contributed by atoms with Crippen molar-refractivity contribution in [1.82, 2.24) is 9.88 Å². The topological polar surface area (TPSA) is 48.3 Å². The number of aromatic amines is 1. The van der Waals surface area contributed by atoms with E-state index in [0.29, 0.717) is 0 Å². The van der Waals surface area contributed by atoms with E-state index in [-0.39, 0.29) is 0 Å². The van der Waals surface area contributed by atoms with Gasteiger partial charge < -0.3 is 20.5 Å². The zero-order valence-corrected chi connectivity index (χ0v) is 17.5. The highest BCUT2D eigenvalue weighted by molar-refractivity contribution is 5.90. The van der Waals surface area contributed by atoms with Crippen LogP contribution in [-0.2, 0) is 0 Å². The van der Waals surface area contributed by atoms with Gasteiger partial charge in [0.05, 0.1) is 5.82 Å². The van der Waals surface area contributed by atoms with Crippen molar-refractivity contribution < 1.29 is 0 Å². The Balaban J connectivity index is 2.08. The Bertz CT molecular complexity index is 905. The third-order valence-corrected chi connectivity index (χ3v) is 5.51. The Morgan fingerprint density at radius 1 is 1.21 bits per heavy atom. The number of hydrogen-bond donors (Lipinski definition) is 2. The summed E-state index contributed by atoms with van der Waals surface area (Å²) in [5.41, 5.74) is 13.8. The van der Waals surface area contributed by atoms with E-state index in [9.17, 15) is 0 Å². The maximum absolute atomic E-state index is 6.02. The van der Waals surface area contributed by atoms with Crippen molar-refractivity contribution >= 4 is 17.5 Å². The lowest BCUT2D eigenvalue weighted by Crippen LogP contribution is -2.31. The first kappa shape index (κ1) is 19.9. The molecule has 0 fully saturated rings. The molecule has 1 aromatic rings. The van der Waals surface area contributed by atoms with Gasteiger partial charge in [-0.15, -0.1) is 0 Å². The van der Waals surface area contributed by atoms with E-state index in [1.807, 2.05) is 19.2 Å². The minimum absolute atomic E-state index is 0.810. The lowest BCUT2D eigenvalue weighted by molar-refractivity contribution is 0.443. The van der Waals surface area contributed by atoms with Crippen molar-refractivity contribution in [2.75, 3.05) is 32.1 Å². The van der Waals surface area contributed by atoms with Crippen LogP contribution < -0.4 is 10.6 Å². The van der Waals surface area contributed by atoms with Crippen LogP contribution in [0.5, 0.6) is 0 Å². The second-order valence-electron chi connectivity index (χ2n) is 7.51. The number of hydrogen-bond acceptors (Lipinski definition) is 3. The van der Waals surface area contributed by atoms with Gasteiger partial charge in [-0.25, -0.2) is 0 Å². The van der Waals surface area contributed by atoms with Gasteiger partial charge in [-0.3, -0.25) is 0 Å². The zero-order chi connectivity index (χ0) is 20.3. The van der Waals surface area contributed by atoms with Gasteiger partial charge in [-0.05, 0) is 47.8 Å². The number of anilines is 1. The number of H-pyrrole nitrogens is 1. The van der Waals surface area contributed by atoms with Crippen molar-refractivity contribution in [3.05, 3.63) is 76.8 Å². The first-order valence-electron chi connectivity index (χ1n) is 9.99. The van der Waals surface area contributed by atoms with Gasteiger partial charge >= 0.3 is 0 Å². The standard InChI is InChI=1S/C24H32N4/c1-6-9-17(8-3)20(10-7-2)22-14-26-24-21(22)13-19(16-28(24)5)18-11-12-23(25)27(4)15-18/h7-8,10-14,26H,2,6,9,15-16,25H2,1,3-5H3/b17-8-,20-10+. The summed E-state index contributed by atoms with van der Waals surface area (Å²) in [6.07, 6.45) is 17.0. The molecule has 0 spiro atoms. The fourth-order valence-electron chi connectivity index (χ4n) is 3.97. The van der Waals surface area contributed by atoms with Gasteiger partial charge in [-0.2, -0.15) is 0 Å². The third kappa shape index (κ3) is 3.72. The third-order valence-electron chi connectivity index (χ3n) is 5.51. The molecule has 0 amide bonds. The summed E-state index contributed by atoms with van der Waals surface area (Å²) in [6, 6.07) is 0. The van der Waals surface area contributed by atoms with E-state index in [1.165, 1.54) is 39.2 Å². The zero-order valence-electron chi connectivity index (χ0n) is 17.5. The van der Waals surface area contributed by atoms with Gasteiger partial charge in [0.15, 0.2) is 0 Å². The molecule has 148 valence electrons. The predicted molar refractivity (Wildman–Crippen MR) is 122 cm³/mol. The van der Waals surface area contributed by atoms with E-state index in [0.717, 1.165) is 31.8 Å². The molecule has 3 N–H and O–H groups in total. The molecule has 3 heterocycles. The summed E-state index contributed by atoms with van der Waals surface area (Å²) in [7, 11) is 4.18. The SMILES string of the molecule is C=C/C=C(\C(=C/C)CCC)c1c[nH]c2c1C=C(C1=CC=C(N)N(C)C1)CN2C. The summed E-state index contributed by atoms with van der Waals surface area (Å²) in [5.74, 6) is 1.98. The van der Waals surface area contributed by atoms with E-state index < -0.39 is 0 Å². The van der Waals surface area contributed by atoms with Gasteiger partial charge in [0.1, 0.15) is 5.82 Å². The highest BCUT2D eigenvalue weighted by Gasteiger charge is 2.24. The van der Waals surface area contributed by atoms with Crippen molar-refractivity contribution in [1.29, 1.82) is 0 Å². The number of rotatable bonds is 6. The molecule has 0 unspecified atom stereocenters. The molecule has 3 rings (SSSR count). The predicted octanol–water partition coefficient (Wildman–Crippen LogP) is 4.84. The Morgan fingerprint density at radius 3 is 2.61 bits per heavy atom. The molecule has 0 saturated heterocycles. The molecule has 2 aliphatic heterocycles. The Morgan fingerprint density at radius 2 is 1.96 bits per heavy atom. The maximum atomic E-state index is 6.02. The second-order valence-corrected chi connectivity index (χ2v) is 7.51. The quantitative estimate of drug-likeness (QED) is 0.699. The molecule has 0 saturated carbocycles. The van der Waals surface area contributed by atoms with Gasteiger partial charge in [0, 0.05) is 44.5 Å². The van der Waals surface area contributed by atoms with Crippen molar-refractivity contribution in [2.24, 2.45) is 5.73 Å². The summed E-state index contributed by atoms with van der Waals surface area (Å²) in [4.78, 5) is 7.87. The fraction of sp³-hybridized carbons (Fsp3) is 0.333. The van der Waals surface area contributed by atoms with Crippen LogP contribution in [0.2, 0.25) is 0 Å². The number of allylic oxidation sites excluding steroid dienone is 7. The minimum Gasteiger partial charge on any atom is -0.385 e. The average molecular weight is 377 g/mol. The number of aromatic nitrogens is 1. The first-order valence-corrected chi connectivity index (χ1v) is 9.99. The van der Waals surface area contributed by atoms with Crippen molar-refractivity contribution in [2.45, 2.75) is 26.7 Å². The van der Waals surface area contributed by atoms with Gasteiger partial charge in [0.2, 0.25) is 0 Å². The van der Waals surface area contributed by atoms with Crippen LogP contribution in [0.1, 0.15) is 37.8 Å². The molecule has 2 aliphatic rings. The number of nitrogens with two attached hydrogens (primary N) is 1. The number of nitrogens with one attached hydrogen (secondary N) is 1. The van der Waals surface area contributed by atoms with Crippen LogP contribution in [0, 0.1) is 0 Å². The maximum Gasteiger partial charge on any atom is 0.113 e. The number of nitrogens with zero attached hydrogens (tertiary/aromatic N) is 2. The monoisotopic (exact) mass is 376 g/mol. The highest BCUT2D eigenvalue weighted by atomic mass is 15.2. The molecule has 4 nitrogen and oxygen atoms in total. The molecule has 0 atom stereocenters. The largest absolute Gasteiger partial charge is 0.385 e. The molecule has 28 heavy (non-hydrogen) atoms. The van der Waals surface area contributed by atoms with E-state index >= 15 is 0 Å². The number of fused-ring (bicyclic) bond motifs is 1. The molecule has 1 aromatic heterocycles. The average Bonchev–Trinajstić information content (AvgIpc) is 3.11. The fourth-order valence-corrected chi connectivity index (χ4v) is 3.97. The minimum atomic E-state index is 0.810. The lowest BCUT2D eigenvalue weighted by Gasteiger charge is -2.31. The van der Waals surface area contributed by atoms with Gasteiger partial charge in [-0.1, -0.05) is 44.2 Å². The molecule has 4 heteroatoms. The van der Waals surface area contributed by atoms with Crippen LogP contribution in [0.15, 0.2) is 65.7 Å². The van der Waals surface area contributed by atoms with Crippen LogP contribution in [0.25, 0.3) is 11.6 Å². The summed E-state index contributed by atoms with van der Waals surface area (Å²) in [5, 5.41) is 0. The van der Waals surface area contributed by atoms with Crippen LogP contribution in [0.4, 0.5) is 5.82 Å². The Labute approximate surface area is 169 Å². The molecular formula is C24H32N4. The highest BCUT2D eigenvalue weighted by Crippen LogP contribution is 2.38. The molecule has 0 bridgehead atoms. The molecular weight excluding hydrogens is 344 g/mol. The Hall–Kier alpha value is -2.88. The van der Waals surface area contributed by atoms with Gasteiger partial charge in [0.25, 0.3) is 0 Å². The number of likely N-dealkylation sites (N-methyl/N-ethyl adjacent to an activating group) is 2. The van der Waals surface area contributed by atoms with Crippen molar-refractivity contribution in [3.8, 4) is 0 Å². The molecule has 0 aliphatic carbocycles. The first-order chi connectivity index (χ1) is 13.5. The van der Waals surface area contributed by atoms with Crippen LogP contribution in [0.3, 0.4) is 0 Å². The lowest BCUT2D eigenvalue weighted by atomic mass is 9.90. The van der Waals surface area contributed by atoms with Crippen LogP contribution >= 0.6 is 0 Å². The van der Waals surface area contributed by atoms with E-state index in [2.05, 4.69) is 72.8 Å².